The van der Waals surface area contributed by atoms with Gasteiger partial charge in [0.05, 0.1) is 0 Å². The van der Waals surface area contributed by atoms with Crippen LogP contribution in [0.15, 0.2) is 0 Å². The zero-order valence-corrected chi connectivity index (χ0v) is 10.2. The van der Waals surface area contributed by atoms with Gasteiger partial charge in [-0.25, -0.2) is 0 Å². The first-order valence-electron chi connectivity index (χ1n) is 5.92. The van der Waals surface area contributed by atoms with Crippen LogP contribution in [0.25, 0.3) is 0 Å². The lowest BCUT2D eigenvalue weighted by Crippen LogP contribution is -2.56. The molecule has 1 atom stereocenters. The molecule has 1 fully saturated rings. The van der Waals surface area contributed by atoms with Gasteiger partial charge in [-0.2, -0.15) is 0 Å². The molecule has 2 N–H and O–H groups in total. The Kier molecular flexibility index (Phi) is 3.96. The van der Waals surface area contributed by atoms with Crippen molar-refractivity contribution in [1.82, 2.24) is 4.90 Å². The van der Waals surface area contributed by atoms with E-state index in [0.717, 1.165) is 18.5 Å². The first-order chi connectivity index (χ1) is 6.49. The Morgan fingerprint density at radius 3 is 2.29 bits per heavy atom. The number of hydrogen-bond donors (Lipinski definition) is 1. The minimum Gasteiger partial charge on any atom is -0.329 e. The molecule has 0 aromatic carbocycles. The molecule has 2 heteroatoms. The highest BCUT2D eigenvalue weighted by molar-refractivity contribution is 4.92. The second-order valence-corrected chi connectivity index (χ2v) is 5.49. The largest absolute Gasteiger partial charge is 0.329 e. The first kappa shape index (κ1) is 12.0. The van der Waals surface area contributed by atoms with Crippen LogP contribution >= 0.6 is 0 Å². The number of nitrogens with two attached hydrogens (primary N) is 1. The number of nitrogens with zero attached hydrogens (tertiary/aromatic N) is 1. The predicted octanol–water partition coefficient (Wildman–Crippen LogP) is 2.23. The molecule has 14 heavy (non-hydrogen) atoms. The van der Waals surface area contributed by atoms with E-state index in [9.17, 15) is 0 Å². The molecular formula is C12H26N2. The van der Waals surface area contributed by atoms with Crippen LogP contribution < -0.4 is 5.73 Å². The third kappa shape index (κ3) is 2.48. The van der Waals surface area contributed by atoms with Gasteiger partial charge in [-0.15, -0.1) is 0 Å². The van der Waals surface area contributed by atoms with Crippen LogP contribution in [-0.4, -0.2) is 30.1 Å². The summed E-state index contributed by atoms with van der Waals surface area (Å²) in [6, 6.07) is 0.794. The zero-order valence-electron chi connectivity index (χ0n) is 10.2. The summed E-state index contributed by atoms with van der Waals surface area (Å²) >= 11 is 0. The van der Waals surface area contributed by atoms with Crippen LogP contribution in [-0.2, 0) is 0 Å². The molecular weight excluding hydrogens is 172 g/mol. The van der Waals surface area contributed by atoms with Crippen LogP contribution in [0.2, 0.25) is 0 Å². The Bertz CT molecular complexity index is 175. The Morgan fingerprint density at radius 2 is 2.00 bits per heavy atom. The van der Waals surface area contributed by atoms with Gasteiger partial charge in [0.2, 0.25) is 0 Å². The molecule has 1 unspecified atom stereocenters. The average molecular weight is 198 g/mol. The summed E-state index contributed by atoms with van der Waals surface area (Å²) in [6.45, 7) is 7.65. The maximum atomic E-state index is 5.93. The molecule has 0 radical (unpaired) electrons. The SMILES string of the molecule is CC(C)CC(C)(CN)N(C)C1CCC1. The minimum absolute atomic E-state index is 0.208. The fourth-order valence-electron chi connectivity index (χ4n) is 2.47. The second kappa shape index (κ2) is 4.63. The van der Waals surface area contributed by atoms with Gasteiger partial charge in [-0.3, -0.25) is 4.90 Å². The molecule has 1 aliphatic rings. The van der Waals surface area contributed by atoms with E-state index in [1.165, 1.54) is 25.7 Å². The first-order valence-corrected chi connectivity index (χ1v) is 5.92. The molecule has 0 amide bonds. The van der Waals surface area contributed by atoms with Crippen molar-refractivity contribution in [2.24, 2.45) is 11.7 Å². The fraction of sp³-hybridized carbons (Fsp3) is 1.00. The van der Waals surface area contributed by atoms with Gasteiger partial charge in [0.15, 0.2) is 0 Å². The molecule has 0 bridgehead atoms. The monoisotopic (exact) mass is 198 g/mol. The average Bonchev–Trinajstić information content (AvgIpc) is 1.99. The summed E-state index contributed by atoms with van der Waals surface area (Å²) in [7, 11) is 2.25. The quantitative estimate of drug-likeness (QED) is 0.734. The fourth-order valence-corrected chi connectivity index (χ4v) is 2.47. The standard InChI is InChI=1S/C12H26N2/c1-10(2)8-12(3,9-13)14(4)11-6-5-7-11/h10-11H,5-9,13H2,1-4H3. The van der Waals surface area contributed by atoms with E-state index in [0.29, 0.717) is 0 Å². The Balaban J connectivity index is 2.56. The second-order valence-electron chi connectivity index (χ2n) is 5.49. The lowest BCUT2D eigenvalue weighted by atomic mass is 9.83. The smallest absolute Gasteiger partial charge is 0.0305 e. The molecule has 1 rings (SSSR count). The Hall–Kier alpha value is -0.0800. The molecule has 2 nitrogen and oxygen atoms in total. The molecule has 0 aromatic rings. The van der Waals surface area contributed by atoms with Gasteiger partial charge in [0.1, 0.15) is 0 Å². The van der Waals surface area contributed by atoms with E-state index >= 15 is 0 Å². The number of likely N-dealkylation sites (N-methyl/N-ethyl adjacent to an activating group) is 1. The van der Waals surface area contributed by atoms with Crippen molar-refractivity contribution in [3.05, 3.63) is 0 Å². The van der Waals surface area contributed by atoms with Crippen molar-refractivity contribution in [2.75, 3.05) is 13.6 Å². The van der Waals surface area contributed by atoms with Crippen LogP contribution in [0.5, 0.6) is 0 Å². The van der Waals surface area contributed by atoms with Crippen molar-refractivity contribution in [3.8, 4) is 0 Å². The van der Waals surface area contributed by atoms with Crippen molar-refractivity contribution in [1.29, 1.82) is 0 Å². The number of rotatable bonds is 5. The van der Waals surface area contributed by atoms with Gasteiger partial charge in [-0.05, 0) is 39.2 Å². The molecule has 1 aliphatic carbocycles. The zero-order chi connectivity index (χ0) is 10.8. The maximum Gasteiger partial charge on any atom is 0.0305 e. The molecule has 0 spiro atoms. The summed E-state index contributed by atoms with van der Waals surface area (Å²) in [5, 5.41) is 0. The summed E-state index contributed by atoms with van der Waals surface area (Å²) in [6.07, 6.45) is 5.34. The highest BCUT2D eigenvalue weighted by Crippen LogP contribution is 2.31. The van der Waals surface area contributed by atoms with Crippen LogP contribution in [0.4, 0.5) is 0 Å². The number of hydrogen-bond acceptors (Lipinski definition) is 2. The summed E-state index contributed by atoms with van der Waals surface area (Å²) < 4.78 is 0. The van der Waals surface area contributed by atoms with Gasteiger partial charge in [-0.1, -0.05) is 20.3 Å². The normalized spacial score (nSPS) is 22.5. The lowest BCUT2D eigenvalue weighted by molar-refractivity contribution is 0.0361. The summed E-state index contributed by atoms with van der Waals surface area (Å²) in [4.78, 5) is 2.52. The van der Waals surface area contributed by atoms with E-state index < -0.39 is 0 Å². The van der Waals surface area contributed by atoms with Crippen LogP contribution in [0.3, 0.4) is 0 Å². The Morgan fingerprint density at radius 1 is 1.43 bits per heavy atom. The molecule has 0 saturated heterocycles. The molecule has 1 saturated carbocycles. The van der Waals surface area contributed by atoms with Crippen LogP contribution in [0.1, 0.15) is 46.5 Å². The molecule has 0 heterocycles. The molecule has 0 aliphatic heterocycles. The van der Waals surface area contributed by atoms with Gasteiger partial charge >= 0.3 is 0 Å². The maximum absolute atomic E-state index is 5.93. The Labute approximate surface area is 88.8 Å². The van der Waals surface area contributed by atoms with E-state index in [4.69, 9.17) is 5.73 Å². The summed E-state index contributed by atoms with van der Waals surface area (Å²) in [5.74, 6) is 0.728. The van der Waals surface area contributed by atoms with Gasteiger partial charge in [0.25, 0.3) is 0 Å². The van der Waals surface area contributed by atoms with E-state index in [-0.39, 0.29) is 5.54 Å². The minimum atomic E-state index is 0.208. The topological polar surface area (TPSA) is 29.3 Å². The van der Waals surface area contributed by atoms with E-state index in [2.05, 4.69) is 32.7 Å². The van der Waals surface area contributed by atoms with Gasteiger partial charge in [0, 0.05) is 18.1 Å². The van der Waals surface area contributed by atoms with Gasteiger partial charge < -0.3 is 5.73 Å². The predicted molar refractivity (Wildman–Crippen MR) is 62.3 cm³/mol. The van der Waals surface area contributed by atoms with Crippen molar-refractivity contribution < 1.29 is 0 Å². The van der Waals surface area contributed by atoms with Crippen LogP contribution in [0, 0.1) is 5.92 Å². The lowest BCUT2D eigenvalue weighted by Gasteiger charge is -2.47. The van der Waals surface area contributed by atoms with E-state index in [1.54, 1.807) is 0 Å². The third-order valence-electron chi connectivity index (χ3n) is 3.76. The highest BCUT2D eigenvalue weighted by Gasteiger charge is 2.35. The molecule has 0 aromatic heterocycles. The molecule has 84 valence electrons. The van der Waals surface area contributed by atoms with Crippen molar-refractivity contribution in [3.63, 3.8) is 0 Å². The van der Waals surface area contributed by atoms with Crippen molar-refractivity contribution in [2.45, 2.75) is 58.0 Å². The summed E-state index contributed by atoms with van der Waals surface area (Å²) in [5.41, 5.74) is 6.14. The third-order valence-corrected chi connectivity index (χ3v) is 3.76. The highest BCUT2D eigenvalue weighted by atomic mass is 15.2. The van der Waals surface area contributed by atoms with E-state index in [1.807, 2.05) is 0 Å². The van der Waals surface area contributed by atoms with Crippen molar-refractivity contribution >= 4 is 0 Å².